The minimum Gasteiger partial charge on any atom is -0.309 e. The van der Waals surface area contributed by atoms with Crippen molar-refractivity contribution in [3.63, 3.8) is 0 Å². The molecule has 0 spiro atoms. The lowest BCUT2D eigenvalue weighted by molar-refractivity contribution is 0.578. The standard InChI is InChI=1S/C12H22N2S/c1-5-10(6-2)12-14-11(8-15-12)7-13-9(3)4/h8-10,13H,5-7H2,1-4H3. The fourth-order valence-electron chi connectivity index (χ4n) is 1.54. The summed E-state index contributed by atoms with van der Waals surface area (Å²) in [4.78, 5) is 4.68. The van der Waals surface area contributed by atoms with E-state index >= 15 is 0 Å². The molecule has 2 nitrogen and oxygen atoms in total. The first-order valence-electron chi connectivity index (χ1n) is 5.85. The molecule has 1 aromatic rings. The predicted molar refractivity (Wildman–Crippen MR) is 67.4 cm³/mol. The Hall–Kier alpha value is -0.410. The van der Waals surface area contributed by atoms with E-state index in [0.29, 0.717) is 12.0 Å². The van der Waals surface area contributed by atoms with Gasteiger partial charge in [0.15, 0.2) is 0 Å². The fraction of sp³-hybridized carbons (Fsp3) is 0.750. The molecule has 0 amide bonds. The molecule has 1 N–H and O–H groups in total. The molecule has 0 unspecified atom stereocenters. The minimum atomic E-state index is 0.531. The Bertz CT molecular complexity index is 277. The molecule has 0 aliphatic carbocycles. The quantitative estimate of drug-likeness (QED) is 0.802. The van der Waals surface area contributed by atoms with Gasteiger partial charge in [0, 0.05) is 23.9 Å². The SMILES string of the molecule is CCC(CC)c1nc(CNC(C)C)cs1. The Labute approximate surface area is 97.1 Å². The van der Waals surface area contributed by atoms with Crippen molar-refractivity contribution in [2.24, 2.45) is 0 Å². The van der Waals surface area contributed by atoms with Crippen LogP contribution in [0.15, 0.2) is 5.38 Å². The summed E-state index contributed by atoms with van der Waals surface area (Å²) in [6.07, 6.45) is 2.39. The number of aromatic nitrogens is 1. The molecule has 0 saturated carbocycles. The molecular weight excluding hydrogens is 204 g/mol. The van der Waals surface area contributed by atoms with E-state index in [4.69, 9.17) is 0 Å². The Morgan fingerprint density at radius 3 is 2.53 bits per heavy atom. The van der Waals surface area contributed by atoms with Crippen LogP contribution in [0.4, 0.5) is 0 Å². The highest BCUT2D eigenvalue weighted by molar-refractivity contribution is 7.09. The van der Waals surface area contributed by atoms with Crippen LogP contribution in [0, 0.1) is 0 Å². The molecule has 1 aromatic heterocycles. The first-order valence-corrected chi connectivity index (χ1v) is 6.73. The number of thiazole rings is 1. The van der Waals surface area contributed by atoms with Gasteiger partial charge in [-0.2, -0.15) is 0 Å². The molecule has 0 aromatic carbocycles. The van der Waals surface area contributed by atoms with E-state index in [0.717, 1.165) is 6.54 Å². The van der Waals surface area contributed by atoms with E-state index in [-0.39, 0.29) is 0 Å². The van der Waals surface area contributed by atoms with Crippen molar-refractivity contribution in [1.82, 2.24) is 10.3 Å². The molecule has 0 aliphatic heterocycles. The van der Waals surface area contributed by atoms with Gasteiger partial charge in [-0.05, 0) is 12.8 Å². The molecule has 1 rings (SSSR count). The van der Waals surface area contributed by atoms with Crippen molar-refractivity contribution in [2.45, 2.75) is 59.0 Å². The van der Waals surface area contributed by atoms with E-state index in [1.54, 1.807) is 0 Å². The van der Waals surface area contributed by atoms with Gasteiger partial charge in [-0.3, -0.25) is 0 Å². The highest BCUT2D eigenvalue weighted by Gasteiger charge is 2.11. The maximum absolute atomic E-state index is 4.68. The summed E-state index contributed by atoms with van der Waals surface area (Å²) in [5.41, 5.74) is 1.19. The summed E-state index contributed by atoms with van der Waals surface area (Å²) in [5.74, 6) is 0.655. The highest BCUT2D eigenvalue weighted by Crippen LogP contribution is 2.25. The van der Waals surface area contributed by atoms with Gasteiger partial charge in [0.1, 0.15) is 0 Å². The maximum Gasteiger partial charge on any atom is 0.0959 e. The predicted octanol–water partition coefficient (Wildman–Crippen LogP) is 3.54. The van der Waals surface area contributed by atoms with Crippen molar-refractivity contribution in [3.8, 4) is 0 Å². The summed E-state index contributed by atoms with van der Waals surface area (Å²) in [7, 11) is 0. The highest BCUT2D eigenvalue weighted by atomic mass is 32.1. The van der Waals surface area contributed by atoms with Crippen LogP contribution in [0.5, 0.6) is 0 Å². The molecular formula is C12H22N2S. The van der Waals surface area contributed by atoms with E-state index in [1.165, 1.54) is 23.5 Å². The normalized spacial score (nSPS) is 11.6. The lowest BCUT2D eigenvalue weighted by Gasteiger charge is -2.08. The van der Waals surface area contributed by atoms with Crippen molar-refractivity contribution in [1.29, 1.82) is 0 Å². The Kier molecular flexibility index (Phi) is 5.26. The first kappa shape index (κ1) is 12.7. The summed E-state index contributed by atoms with van der Waals surface area (Å²) < 4.78 is 0. The van der Waals surface area contributed by atoms with Gasteiger partial charge in [0.25, 0.3) is 0 Å². The zero-order valence-corrected chi connectivity index (χ0v) is 11.0. The molecule has 0 radical (unpaired) electrons. The van der Waals surface area contributed by atoms with E-state index < -0.39 is 0 Å². The second kappa shape index (κ2) is 6.23. The molecule has 15 heavy (non-hydrogen) atoms. The summed E-state index contributed by atoms with van der Waals surface area (Å²) in [5, 5.41) is 6.88. The summed E-state index contributed by atoms with van der Waals surface area (Å²) >= 11 is 1.81. The Morgan fingerprint density at radius 2 is 2.00 bits per heavy atom. The van der Waals surface area contributed by atoms with E-state index in [9.17, 15) is 0 Å². The molecule has 0 fully saturated rings. The number of nitrogens with zero attached hydrogens (tertiary/aromatic N) is 1. The van der Waals surface area contributed by atoms with Crippen LogP contribution in [0.2, 0.25) is 0 Å². The van der Waals surface area contributed by atoms with Gasteiger partial charge >= 0.3 is 0 Å². The van der Waals surface area contributed by atoms with Gasteiger partial charge in [-0.1, -0.05) is 27.7 Å². The molecule has 86 valence electrons. The van der Waals surface area contributed by atoms with Gasteiger partial charge in [-0.15, -0.1) is 11.3 Å². The van der Waals surface area contributed by atoms with Crippen LogP contribution in [-0.2, 0) is 6.54 Å². The number of hydrogen-bond donors (Lipinski definition) is 1. The van der Waals surface area contributed by atoms with Crippen LogP contribution < -0.4 is 5.32 Å². The molecule has 0 atom stereocenters. The van der Waals surface area contributed by atoms with Crippen LogP contribution in [0.3, 0.4) is 0 Å². The second-order valence-corrected chi connectivity index (χ2v) is 5.12. The summed E-state index contributed by atoms with van der Waals surface area (Å²) in [6, 6.07) is 0.531. The first-order chi connectivity index (χ1) is 7.17. The van der Waals surface area contributed by atoms with Crippen LogP contribution >= 0.6 is 11.3 Å². The average molecular weight is 226 g/mol. The van der Waals surface area contributed by atoms with Crippen LogP contribution in [0.1, 0.15) is 57.2 Å². The Morgan fingerprint density at radius 1 is 1.33 bits per heavy atom. The van der Waals surface area contributed by atoms with Crippen molar-refractivity contribution in [3.05, 3.63) is 16.1 Å². The average Bonchev–Trinajstić information content (AvgIpc) is 2.65. The van der Waals surface area contributed by atoms with Crippen LogP contribution in [0.25, 0.3) is 0 Å². The van der Waals surface area contributed by atoms with Gasteiger partial charge < -0.3 is 5.32 Å². The molecule has 0 bridgehead atoms. The van der Waals surface area contributed by atoms with E-state index in [2.05, 4.69) is 43.4 Å². The smallest absolute Gasteiger partial charge is 0.0959 e. The monoisotopic (exact) mass is 226 g/mol. The van der Waals surface area contributed by atoms with Gasteiger partial charge in [0.2, 0.25) is 0 Å². The molecule has 3 heteroatoms. The van der Waals surface area contributed by atoms with Crippen molar-refractivity contribution < 1.29 is 0 Å². The molecule has 0 aliphatic rings. The van der Waals surface area contributed by atoms with Gasteiger partial charge in [0.05, 0.1) is 10.7 Å². The fourth-order valence-corrected chi connectivity index (χ4v) is 2.63. The van der Waals surface area contributed by atoms with E-state index in [1.807, 2.05) is 11.3 Å². The number of nitrogens with one attached hydrogen (secondary N) is 1. The molecule has 0 saturated heterocycles. The maximum atomic E-state index is 4.68. The van der Waals surface area contributed by atoms with Crippen molar-refractivity contribution >= 4 is 11.3 Å². The zero-order chi connectivity index (χ0) is 11.3. The lowest BCUT2D eigenvalue weighted by Crippen LogP contribution is -2.22. The van der Waals surface area contributed by atoms with Gasteiger partial charge in [-0.25, -0.2) is 4.98 Å². The minimum absolute atomic E-state index is 0.531. The van der Waals surface area contributed by atoms with Crippen LogP contribution in [-0.4, -0.2) is 11.0 Å². The molecule has 1 heterocycles. The summed E-state index contributed by atoms with van der Waals surface area (Å²) in [6.45, 7) is 9.69. The largest absolute Gasteiger partial charge is 0.309 e. The number of rotatable bonds is 6. The third-order valence-electron chi connectivity index (χ3n) is 2.60. The number of hydrogen-bond acceptors (Lipinski definition) is 3. The third-order valence-corrected chi connectivity index (χ3v) is 3.65. The third kappa shape index (κ3) is 3.92. The lowest BCUT2D eigenvalue weighted by atomic mass is 10.1. The van der Waals surface area contributed by atoms with Crippen molar-refractivity contribution in [2.75, 3.05) is 0 Å². The topological polar surface area (TPSA) is 24.9 Å². The Balaban J connectivity index is 2.55. The zero-order valence-electron chi connectivity index (χ0n) is 10.2. The second-order valence-electron chi connectivity index (χ2n) is 4.23.